The number of ether oxygens (including phenoxy) is 3. The van der Waals surface area contributed by atoms with Gasteiger partial charge in [0.15, 0.2) is 17.3 Å². The third-order valence-corrected chi connectivity index (χ3v) is 4.22. The molecule has 0 bridgehead atoms. The van der Waals surface area contributed by atoms with Gasteiger partial charge >= 0.3 is 6.09 Å². The molecule has 1 atom stereocenters. The minimum Gasteiger partial charge on any atom is -0.493 e. The zero-order valence-electron chi connectivity index (χ0n) is 15.9. The molecule has 1 amide bonds. The Hall–Kier alpha value is -2.70. The van der Waals surface area contributed by atoms with Crippen LogP contribution < -0.4 is 19.7 Å². The third-order valence-electron chi connectivity index (χ3n) is 4.22. The molecule has 0 aliphatic carbocycles. The lowest BCUT2D eigenvalue weighted by atomic mass is 9.90. The molecule has 1 N–H and O–H groups in total. The summed E-state index contributed by atoms with van der Waals surface area (Å²) in [6.07, 6.45) is 2.10. The largest absolute Gasteiger partial charge is 0.493 e. The molecular weight excluding hydrogens is 336 g/mol. The first kappa shape index (κ1) is 19.6. The average Bonchev–Trinajstić information content (AvgIpc) is 2.63. The van der Waals surface area contributed by atoms with Crippen molar-refractivity contribution in [1.29, 1.82) is 0 Å². The van der Waals surface area contributed by atoms with Gasteiger partial charge in [-0.25, -0.2) is 4.79 Å². The van der Waals surface area contributed by atoms with E-state index in [1.54, 1.807) is 32.2 Å². The van der Waals surface area contributed by atoms with Crippen LogP contribution in [0.4, 0.5) is 10.5 Å². The Labute approximate surface area is 153 Å². The molecule has 1 aliphatic rings. The third kappa shape index (κ3) is 3.61. The fourth-order valence-electron chi connectivity index (χ4n) is 2.90. The summed E-state index contributed by atoms with van der Waals surface area (Å²) < 4.78 is 15.8. The molecule has 26 heavy (non-hydrogen) atoms. The fraction of sp³-hybridized carbons (Fsp3) is 0.474. The quantitative estimate of drug-likeness (QED) is 0.619. The maximum atomic E-state index is 13.0. The first-order valence-electron chi connectivity index (χ1n) is 8.70. The highest BCUT2D eigenvalue weighted by atomic mass is 16.6. The zero-order valence-corrected chi connectivity index (χ0v) is 15.9. The molecule has 1 heterocycles. The highest BCUT2D eigenvalue weighted by Gasteiger charge is 2.38. The summed E-state index contributed by atoms with van der Waals surface area (Å²) in [7, 11) is 3.01. The van der Waals surface area contributed by atoms with Crippen LogP contribution in [-0.4, -0.2) is 45.3 Å². The lowest BCUT2D eigenvalue weighted by Gasteiger charge is -2.35. The summed E-state index contributed by atoms with van der Waals surface area (Å²) in [4.78, 5) is 27.1. The van der Waals surface area contributed by atoms with Crippen molar-refractivity contribution >= 4 is 17.6 Å². The van der Waals surface area contributed by atoms with E-state index in [4.69, 9.17) is 14.2 Å². The van der Waals surface area contributed by atoms with Gasteiger partial charge in [0, 0.05) is 24.4 Å². The molecule has 1 unspecified atom stereocenters. The van der Waals surface area contributed by atoms with Crippen molar-refractivity contribution < 1.29 is 23.8 Å². The van der Waals surface area contributed by atoms with E-state index in [1.165, 1.54) is 19.1 Å². The molecule has 7 heteroatoms. The van der Waals surface area contributed by atoms with E-state index in [2.05, 4.69) is 5.32 Å². The summed E-state index contributed by atoms with van der Waals surface area (Å²) in [6.45, 7) is 6.56. The molecule has 1 aliphatic heterocycles. The van der Waals surface area contributed by atoms with Gasteiger partial charge in [0.05, 0.1) is 38.1 Å². The second kappa shape index (κ2) is 8.60. The van der Waals surface area contributed by atoms with Gasteiger partial charge in [0.25, 0.3) is 0 Å². The van der Waals surface area contributed by atoms with Crippen LogP contribution in [0.25, 0.3) is 0 Å². The monoisotopic (exact) mass is 362 g/mol. The Morgan fingerprint density at radius 2 is 1.88 bits per heavy atom. The van der Waals surface area contributed by atoms with Gasteiger partial charge < -0.3 is 19.5 Å². The molecule has 1 aromatic carbocycles. The summed E-state index contributed by atoms with van der Waals surface area (Å²) in [6, 6.07) is 2.76. The minimum atomic E-state index is -0.512. The smallest absolute Gasteiger partial charge is 0.414 e. The maximum Gasteiger partial charge on any atom is 0.414 e. The number of nitrogens with one attached hydrogen (secondary N) is 1. The first-order valence-corrected chi connectivity index (χ1v) is 8.70. The van der Waals surface area contributed by atoms with Crippen LogP contribution in [-0.2, 0) is 4.74 Å². The van der Waals surface area contributed by atoms with Gasteiger partial charge in [0.1, 0.15) is 0 Å². The van der Waals surface area contributed by atoms with Gasteiger partial charge in [-0.05, 0) is 26.3 Å². The first-order chi connectivity index (χ1) is 12.5. The van der Waals surface area contributed by atoms with Crippen LogP contribution >= 0.6 is 0 Å². The van der Waals surface area contributed by atoms with E-state index in [9.17, 15) is 9.59 Å². The van der Waals surface area contributed by atoms with Crippen molar-refractivity contribution in [3.8, 4) is 11.5 Å². The number of benzene rings is 1. The number of carbonyl (C=O) groups is 2. The number of carbonyl (C=O) groups excluding carboxylic acids is 2. The lowest BCUT2D eigenvalue weighted by Crippen LogP contribution is -2.46. The van der Waals surface area contributed by atoms with Gasteiger partial charge in [-0.2, -0.15) is 0 Å². The summed E-state index contributed by atoms with van der Waals surface area (Å²) in [5.41, 5.74) is 1.32. The van der Waals surface area contributed by atoms with Gasteiger partial charge in [-0.15, -0.1) is 0 Å². The van der Waals surface area contributed by atoms with Gasteiger partial charge in [-0.3, -0.25) is 9.69 Å². The average molecular weight is 362 g/mol. The Morgan fingerprint density at radius 1 is 1.23 bits per heavy atom. The van der Waals surface area contributed by atoms with Crippen LogP contribution in [0.15, 0.2) is 23.9 Å². The number of Topliss-reactive ketones (excluding diaryl/α,β-unsaturated/α-hetero) is 1. The van der Waals surface area contributed by atoms with Crippen molar-refractivity contribution in [3.63, 3.8) is 0 Å². The Morgan fingerprint density at radius 3 is 2.46 bits per heavy atom. The number of rotatable bonds is 6. The molecule has 0 saturated carbocycles. The molecule has 2 rings (SSSR count). The van der Waals surface area contributed by atoms with E-state index in [0.29, 0.717) is 28.3 Å². The van der Waals surface area contributed by atoms with Crippen molar-refractivity contribution in [1.82, 2.24) is 5.32 Å². The van der Waals surface area contributed by atoms with Gasteiger partial charge in [-0.1, -0.05) is 6.92 Å². The molecule has 0 radical (unpaired) electrons. The van der Waals surface area contributed by atoms with Crippen molar-refractivity contribution in [3.05, 3.63) is 29.5 Å². The van der Waals surface area contributed by atoms with E-state index >= 15 is 0 Å². The Kier molecular flexibility index (Phi) is 6.49. The molecular formula is C19H26N2O5. The van der Waals surface area contributed by atoms with E-state index < -0.39 is 12.1 Å². The van der Waals surface area contributed by atoms with Crippen LogP contribution in [0, 0.1) is 0 Å². The van der Waals surface area contributed by atoms with Crippen molar-refractivity contribution in [2.75, 3.05) is 32.3 Å². The highest BCUT2D eigenvalue weighted by Crippen LogP contribution is 2.41. The topological polar surface area (TPSA) is 77.1 Å². The van der Waals surface area contributed by atoms with Crippen molar-refractivity contribution in [2.45, 2.75) is 33.2 Å². The Bertz CT molecular complexity index is 714. The predicted octanol–water partition coefficient (Wildman–Crippen LogP) is 3.14. The number of anilines is 1. The van der Waals surface area contributed by atoms with Crippen LogP contribution in [0.5, 0.6) is 11.5 Å². The summed E-state index contributed by atoms with van der Waals surface area (Å²) in [5.74, 6) is 0.716. The van der Waals surface area contributed by atoms with E-state index in [1.807, 2.05) is 6.92 Å². The molecule has 0 saturated heterocycles. The molecule has 0 spiro atoms. The van der Waals surface area contributed by atoms with Crippen molar-refractivity contribution in [2.24, 2.45) is 0 Å². The summed E-state index contributed by atoms with van der Waals surface area (Å²) >= 11 is 0. The van der Waals surface area contributed by atoms with E-state index in [0.717, 1.165) is 13.0 Å². The minimum absolute atomic E-state index is 0.155. The molecule has 0 aromatic heterocycles. The standard InChI is InChI=1S/C19H26N2O5/c1-6-8-20-11-14-12(3)21(19(23)26-7-2)15-10-17(25-5)16(24-4)9-13(15)18(14)22/h9-12,20H,6-8H2,1-5H3. The fourth-order valence-corrected chi connectivity index (χ4v) is 2.90. The van der Waals surface area contributed by atoms with Crippen LogP contribution in [0.1, 0.15) is 37.6 Å². The maximum absolute atomic E-state index is 13.0. The second-order valence-electron chi connectivity index (χ2n) is 5.85. The number of amides is 1. The number of hydrogen-bond donors (Lipinski definition) is 1. The summed E-state index contributed by atoms with van der Waals surface area (Å²) in [5, 5.41) is 3.12. The Balaban J connectivity index is 2.61. The molecule has 142 valence electrons. The van der Waals surface area contributed by atoms with E-state index in [-0.39, 0.29) is 12.4 Å². The number of hydrogen-bond acceptors (Lipinski definition) is 6. The number of ketones is 1. The predicted molar refractivity (Wildman–Crippen MR) is 99.2 cm³/mol. The van der Waals surface area contributed by atoms with Crippen LogP contribution in [0.2, 0.25) is 0 Å². The molecule has 7 nitrogen and oxygen atoms in total. The van der Waals surface area contributed by atoms with Crippen LogP contribution in [0.3, 0.4) is 0 Å². The highest BCUT2D eigenvalue weighted by molar-refractivity contribution is 6.18. The normalized spacial score (nSPS) is 17.7. The SMILES string of the molecule is CCCNC=C1C(=O)c2cc(OC)c(OC)cc2N(C(=O)OCC)C1C. The second-order valence-corrected chi connectivity index (χ2v) is 5.85. The molecule has 1 aromatic rings. The lowest BCUT2D eigenvalue weighted by molar-refractivity contribution is 0.102. The zero-order chi connectivity index (χ0) is 19.3. The number of nitrogens with zero attached hydrogens (tertiary/aromatic N) is 1. The number of methoxy groups -OCH3 is 2. The molecule has 0 fully saturated rings. The van der Waals surface area contributed by atoms with Gasteiger partial charge in [0.2, 0.25) is 0 Å². The number of fused-ring (bicyclic) bond motifs is 1.